The van der Waals surface area contributed by atoms with E-state index >= 15 is 0 Å². The van der Waals surface area contributed by atoms with Gasteiger partial charge in [0.1, 0.15) is 12.4 Å². The topological polar surface area (TPSA) is 55.8 Å². The molecule has 0 radical (unpaired) electrons. The highest BCUT2D eigenvalue weighted by molar-refractivity contribution is 5.89. The molecule has 0 aromatic heterocycles. The fraction of sp³-hybridized carbons (Fsp3) is 0.235. The molecule has 0 fully saturated rings. The van der Waals surface area contributed by atoms with Gasteiger partial charge in [-0.3, -0.25) is 0 Å². The largest absolute Gasteiger partial charge is 0.496 e. The number of carbonyl (C=O) groups is 1. The smallest absolute Gasteiger partial charge is 0.338 e. The van der Waals surface area contributed by atoms with Crippen molar-refractivity contribution >= 4 is 5.97 Å². The molecule has 4 nitrogen and oxygen atoms in total. The molecule has 0 unspecified atom stereocenters. The van der Waals surface area contributed by atoms with Crippen LogP contribution in [0.15, 0.2) is 42.5 Å². The maximum absolute atomic E-state index is 12.0. The molecule has 2 rings (SSSR count). The summed E-state index contributed by atoms with van der Waals surface area (Å²) in [6.07, 6.45) is 0. The van der Waals surface area contributed by atoms with Crippen LogP contribution in [0.3, 0.4) is 0 Å². The molecule has 2 aromatic rings. The summed E-state index contributed by atoms with van der Waals surface area (Å²) in [7, 11) is 1.59. The zero-order chi connectivity index (χ0) is 15.2. The standard InChI is InChI=1S/C17H18O4/c1-12-3-8-16(20-2)15(9-12)11-21-17(19)14-6-4-13(10-18)5-7-14/h3-9,18H,10-11H2,1-2H3. The van der Waals surface area contributed by atoms with Gasteiger partial charge < -0.3 is 14.6 Å². The Hall–Kier alpha value is -2.33. The first-order chi connectivity index (χ1) is 10.1. The molecule has 0 aliphatic rings. The summed E-state index contributed by atoms with van der Waals surface area (Å²) < 4.78 is 10.6. The van der Waals surface area contributed by atoms with E-state index < -0.39 is 5.97 Å². The Labute approximate surface area is 123 Å². The number of methoxy groups -OCH3 is 1. The van der Waals surface area contributed by atoms with Gasteiger partial charge in [-0.25, -0.2) is 4.79 Å². The lowest BCUT2D eigenvalue weighted by atomic mass is 10.1. The molecule has 0 saturated carbocycles. The second kappa shape index (κ2) is 6.90. The number of rotatable bonds is 5. The molecule has 1 N–H and O–H groups in total. The van der Waals surface area contributed by atoms with E-state index in [2.05, 4.69) is 0 Å². The van der Waals surface area contributed by atoms with Gasteiger partial charge in [-0.15, -0.1) is 0 Å². The Kier molecular flexibility index (Phi) is 4.95. The van der Waals surface area contributed by atoms with Gasteiger partial charge in [0.15, 0.2) is 0 Å². The van der Waals surface area contributed by atoms with Gasteiger partial charge in [0.25, 0.3) is 0 Å². The second-order valence-electron chi connectivity index (χ2n) is 4.75. The van der Waals surface area contributed by atoms with E-state index in [-0.39, 0.29) is 13.2 Å². The Bertz CT molecular complexity index is 617. The molecule has 0 spiro atoms. The zero-order valence-corrected chi connectivity index (χ0v) is 12.1. The molecule has 0 aliphatic carbocycles. The number of hydrogen-bond acceptors (Lipinski definition) is 4. The fourth-order valence-corrected chi connectivity index (χ4v) is 1.99. The van der Waals surface area contributed by atoms with Crippen molar-refractivity contribution in [2.45, 2.75) is 20.1 Å². The molecular weight excluding hydrogens is 268 g/mol. The van der Waals surface area contributed by atoms with Gasteiger partial charge in [-0.2, -0.15) is 0 Å². The lowest BCUT2D eigenvalue weighted by molar-refractivity contribution is 0.0470. The highest BCUT2D eigenvalue weighted by Gasteiger charge is 2.10. The molecule has 0 heterocycles. The normalized spacial score (nSPS) is 10.2. The minimum Gasteiger partial charge on any atom is -0.496 e. The molecule has 0 aliphatic heterocycles. The number of hydrogen-bond donors (Lipinski definition) is 1. The van der Waals surface area contributed by atoms with Crippen molar-refractivity contribution < 1.29 is 19.4 Å². The minimum absolute atomic E-state index is 0.0458. The van der Waals surface area contributed by atoms with Crippen LogP contribution in [0.2, 0.25) is 0 Å². The molecule has 21 heavy (non-hydrogen) atoms. The molecule has 0 amide bonds. The Morgan fingerprint density at radius 1 is 1.14 bits per heavy atom. The summed E-state index contributed by atoms with van der Waals surface area (Å²) in [5, 5.41) is 8.97. The van der Waals surface area contributed by atoms with Crippen molar-refractivity contribution in [3.8, 4) is 5.75 Å². The molecule has 0 atom stereocenters. The van der Waals surface area contributed by atoms with Gasteiger partial charge in [-0.1, -0.05) is 23.8 Å². The first-order valence-electron chi connectivity index (χ1n) is 6.64. The number of benzene rings is 2. The molecule has 0 saturated heterocycles. The summed E-state index contributed by atoms with van der Waals surface area (Å²) in [4.78, 5) is 12.0. The van der Waals surface area contributed by atoms with Crippen molar-refractivity contribution in [1.82, 2.24) is 0 Å². The average molecular weight is 286 g/mol. The van der Waals surface area contributed by atoms with Gasteiger partial charge in [0.05, 0.1) is 19.3 Å². The highest BCUT2D eigenvalue weighted by Crippen LogP contribution is 2.21. The van der Waals surface area contributed by atoms with Crippen LogP contribution < -0.4 is 4.74 Å². The lowest BCUT2D eigenvalue weighted by Crippen LogP contribution is -2.06. The number of aliphatic hydroxyl groups excluding tert-OH is 1. The van der Waals surface area contributed by atoms with E-state index in [9.17, 15) is 4.79 Å². The molecule has 2 aromatic carbocycles. The summed E-state index contributed by atoms with van der Waals surface area (Å²) in [6.45, 7) is 2.08. The lowest BCUT2D eigenvalue weighted by Gasteiger charge is -2.10. The van der Waals surface area contributed by atoms with Crippen LogP contribution in [0.25, 0.3) is 0 Å². The molecule has 4 heteroatoms. The Morgan fingerprint density at radius 2 is 1.86 bits per heavy atom. The zero-order valence-electron chi connectivity index (χ0n) is 12.1. The fourth-order valence-electron chi connectivity index (χ4n) is 1.99. The monoisotopic (exact) mass is 286 g/mol. The van der Waals surface area contributed by atoms with Crippen LogP contribution in [-0.2, 0) is 18.0 Å². The number of esters is 1. The van der Waals surface area contributed by atoms with Crippen LogP contribution in [0.4, 0.5) is 0 Å². The second-order valence-corrected chi connectivity index (χ2v) is 4.75. The first kappa shape index (κ1) is 15.1. The average Bonchev–Trinajstić information content (AvgIpc) is 2.52. The van der Waals surface area contributed by atoms with Gasteiger partial charge in [-0.05, 0) is 36.8 Å². The number of ether oxygens (including phenoxy) is 2. The van der Waals surface area contributed by atoms with Crippen LogP contribution in [0.5, 0.6) is 5.75 Å². The summed E-state index contributed by atoms with van der Waals surface area (Å²) in [6, 6.07) is 12.4. The first-order valence-corrected chi connectivity index (χ1v) is 6.64. The summed E-state index contributed by atoms with van der Waals surface area (Å²) >= 11 is 0. The Balaban J connectivity index is 2.05. The van der Waals surface area contributed by atoms with Crippen molar-refractivity contribution in [1.29, 1.82) is 0 Å². The minimum atomic E-state index is -0.400. The van der Waals surface area contributed by atoms with Crippen LogP contribution in [0.1, 0.15) is 27.0 Å². The van der Waals surface area contributed by atoms with E-state index in [4.69, 9.17) is 14.6 Å². The summed E-state index contributed by atoms with van der Waals surface area (Å²) in [5.41, 5.74) is 3.12. The molecule has 0 bridgehead atoms. The van der Waals surface area contributed by atoms with Gasteiger partial charge >= 0.3 is 5.97 Å². The number of carbonyl (C=O) groups excluding carboxylic acids is 1. The van der Waals surface area contributed by atoms with E-state index in [1.54, 1.807) is 31.4 Å². The number of aryl methyl sites for hydroxylation is 1. The van der Waals surface area contributed by atoms with E-state index in [1.807, 2.05) is 25.1 Å². The number of aliphatic hydroxyl groups is 1. The third-order valence-electron chi connectivity index (χ3n) is 3.17. The van der Waals surface area contributed by atoms with Crippen LogP contribution >= 0.6 is 0 Å². The quantitative estimate of drug-likeness (QED) is 0.859. The Morgan fingerprint density at radius 3 is 2.48 bits per heavy atom. The summed E-state index contributed by atoms with van der Waals surface area (Å²) in [5.74, 6) is 0.298. The van der Waals surface area contributed by atoms with Gasteiger partial charge in [0, 0.05) is 5.56 Å². The van der Waals surface area contributed by atoms with Crippen LogP contribution in [-0.4, -0.2) is 18.2 Å². The van der Waals surface area contributed by atoms with Crippen molar-refractivity contribution in [2.24, 2.45) is 0 Å². The third-order valence-corrected chi connectivity index (χ3v) is 3.17. The van der Waals surface area contributed by atoms with Crippen molar-refractivity contribution in [2.75, 3.05) is 7.11 Å². The van der Waals surface area contributed by atoms with Crippen molar-refractivity contribution in [3.05, 3.63) is 64.7 Å². The van der Waals surface area contributed by atoms with E-state index in [0.29, 0.717) is 11.3 Å². The highest BCUT2D eigenvalue weighted by atomic mass is 16.5. The van der Waals surface area contributed by atoms with E-state index in [1.165, 1.54) is 0 Å². The van der Waals surface area contributed by atoms with Gasteiger partial charge in [0.2, 0.25) is 0 Å². The predicted molar refractivity (Wildman–Crippen MR) is 79.2 cm³/mol. The van der Waals surface area contributed by atoms with E-state index in [0.717, 1.165) is 16.7 Å². The maximum Gasteiger partial charge on any atom is 0.338 e. The molecule has 110 valence electrons. The van der Waals surface area contributed by atoms with Crippen LogP contribution in [0, 0.1) is 6.92 Å². The predicted octanol–water partition coefficient (Wildman–Crippen LogP) is 2.85. The molecular formula is C17H18O4. The maximum atomic E-state index is 12.0. The van der Waals surface area contributed by atoms with Crippen molar-refractivity contribution in [3.63, 3.8) is 0 Å². The third kappa shape index (κ3) is 3.83. The SMILES string of the molecule is COc1ccc(C)cc1COC(=O)c1ccc(CO)cc1.